The van der Waals surface area contributed by atoms with Crippen LogP contribution in [0.1, 0.15) is 414 Å². The van der Waals surface area contributed by atoms with E-state index < -0.39 is 97.5 Å². The number of aliphatic hydroxyl groups excluding tert-OH is 1. The van der Waals surface area contributed by atoms with Crippen LogP contribution < -0.4 is 0 Å². The molecule has 17 nitrogen and oxygen atoms in total. The van der Waals surface area contributed by atoms with Gasteiger partial charge in [-0.25, -0.2) is 9.13 Å². The minimum atomic E-state index is -4.96. The zero-order chi connectivity index (χ0) is 72.1. The fourth-order valence-electron chi connectivity index (χ4n) is 12.2. The summed E-state index contributed by atoms with van der Waals surface area (Å²) in [6, 6.07) is 0. The van der Waals surface area contributed by atoms with E-state index in [0.29, 0.717) is 31.6 Å². The molecule has 0 aromatic carbocycles. The number of carbonyl (C=O) groups is 4. The average Bonchev–Trinajstić information content (AvgIpc) is 1.11. The summed E-state index contributed by atoms with van der Waals surface area (Å²) in [5, 5.41) is 10.6. The molecule has 3 N–H and O–H groups in total. The molecule has 0 amide bonds. The van der Waals surface area contributed by atoms with Crippen LogP contribution in [0.4, 0.5) is 0 Å². The van der Waals surface area contributed by atoms with Gasteiger partial charge >= 0.3 is 39.5 Å². The SMILES string of the molecule is CCCCCCCCCCCCCCCCCCCCCC(=O)OC[C@H](COP(=O)(O)OC[C@@H](O)COP(=O)(O)OC[C@@H](COC(=O)CCCCCCCCC(C)CC)OC(=O)CCCCCCCCCC(C)C)OC(=O)CCCCCCCCCCCCCCCCCCCCC. The Kier molecular flexibility index (Phi) is 69.3. The first-order chi connectivity index (χ1) is 47.4. The predicted molar refractivity (Wildman–Crippen MR) is 400 cm³/mol. The van der Waals surface area contributed by atoms with Gasteiger partial charge in [-0.15, -0.1) is 0 Å². The van der Waals surface area contributed by atoms with E-state index in [2.05, 4.69) is 41.5 Å². The second kappa shape index (κ2) is 70.7. The fraction of sp³-hybridized carbons (Fsp3) is 0.949. The highest BCUT2D eigenvalue weighted by atomic mass is 31.2. The van der Waals surface area contributed by atoms with E-state index in [0.717, 1.165) is 102 Å². The van der Waals surface area contributed by atoms with Crippen molar-refractivity contribution in [3.05, 3.63) is 0 Å². The number of phosphoric acid groups is 2. The molecule has 98 heavy (non-hydrogen) atoms. The van der Waals surface area contributed by atoms with Crippen LogP contribution in [0.5, 0.6) is 0 Å². The van der Waals surface area contributed by atoms with Crippen LogP contribution in [0.15, 0.2) is 0 Å². The van der Waals surface area contributed by atoms with Crippen LogP contribution in [-0.2, 0) is 65.4 Å². The standard InChI is InChI=1S/C79H154O17P2/c1-7-10-12-14-16-18-20-22-24-26-28-30-32-34-36-38-42-49-55-61-76(81)89-67-74(95-78(83)63-57-51-43-39-37-35-33-31-29-27-25-23-21-19-17-15-13-11-8-2)69-93-97(85,86)91-65-73(80)66-92-98(87,88)94-70-75(96-79(84)64-58-52-44-40-41-47-53-59-71(4)5)68-90-77(82)62-56-50-46-45-48-54-60-72(6)9-3/h71-75,80H,7-70H2,1-6H3,(H,85,86)(H,87,88)/t72?,73-,74-,75-/m1/s1. The maximum absolute atomic E-state index is 13.1. The lowest BCUT2D eigenvalue weighted by Gasteiger charge is -2.21. The quantitative estimate of drug-likeness (QED) is 0.0222. The van der Waals surface area contributed by atoms with Gasteiger partial charge in [0, 0.05) is 25.7 Å². The normalized spacial score (nSPS) is 14.2. The highest BCUT2D eigenvalue weighted by molar-refractivity contribution is 7.47. The number of ether oxygens (including phenoxy) is 4. The number of hydrogen-bond acceptors (Lipinski definition) is 15. The van der Waals surface area contributed by atoms with Crippen molar-refractivity contribution in [2.75, 3.05) is 39.6 Å². The largest absolute Gasteiger partial charge is 0.472 e. The third kappa shape index (κ3) is 71.1. The van der Waals surface area contributed by atoms with E-state index in [4.69, 9.17) is 37.0 Å². The van der Waals surface area contributed by atoms with Gasteiger partial charge < -0.3 is 33.8 Å². The van der Waals surface area contributed by atoms with Gasteiger partial charge in [-0.1, -0.05) is 363 Å². The molecule has 6 atom stereocenters. The van der Waals surface area contributed by atoms with Crippen molar-refractivity contribution in [1.29, 1.82) is 0 Å². The van der Waals surface area contributed by atoms with E-state index in [1.165, 1.54) is 225 Å². The van der Waals surface area contributed by atoms with Crippen molar-refractivity contribution in [3.63, 3.8) is 0 Å². The van der Waals surface area contributed by atoms with Gasteiger partial charge in [0.1, 0.15) is 19.3 Å². The summed E-state index contributed by atoms with van der Waals surface area (Å²) in [5.41, 5.74) is 0. The molecule has 3 unspecified atom stereocenters. The van der Waals surface area contributed by atoms with E-state index in [-0.39, 0.29) is 25.7 Å². The number of unbranched alkanes of at least 4 members (excludes halogenated alkanes) is 47. The van der Waals surface area contributed by atoms with Gasteiger partial charge in [-0.05, 0) is 37.5 Å². The highest BCUT2D eigenvalue weighted by Gasteiger charge is 2.30. The zero-order valence-corrected chi connectivity index (χ0v) is 65.9. The van der Waals surface area contributed by atoms with E-state index in [1.54, 1.807) is 0 Å². The number of hydrogen-bond donors (Lipinski definition) is 3. The predicted octanol–water partition coefficient (Wildman–Crippen LogP) is 23.5. The monoisotopic (exact) mass is 1440 g/mol. The van der Waals surface area contributed by atoms with E-state index >= 15 is 0 Å². The third-order valence-electron chi connectivity index (χ3n) is 18.8. The molecular formula is C79H154O17P2. The van der Waals surface area contributed by atoms with Crippen LogP contribution in [0, 0.1) is 11.8 Å². The van der Waals surface area contributed by atoms with Gasteiger partial charge in [0.15, 0.2) is 12.2 Å². The first kappa shape index (κ1) is 96.1. The van der Waals surface area contributed by atoms with Crippen molar-refractivity contribution >= 4 is 39.5 Å². The van der Waals surface area contributed by atoms with Crippen LogP contribution in [-0.4, -0.2) is 96.7 Å². The molecule has 0 radical (unpaired) electrons. The summed E-state index contributed by atoms with van der Waals surface area (Å²) >= 11 is 0. The first-order valence-corrected chi connectivity index (χ1v) is 44.0. The molecule has 0 rings (SSSR count). The molecular weight excluding hydrogens is 1280 g/mol. The van der Waals surface area contributed by atoms with Gasteiger partial charge in [0.25, 0.3) is 0 Å². The molecule has 0 aliphatic heterocycles. The Labute approximate surface area is 600 Å². The third-order valence-corrected chi connectivity index (χ3v) is 20.7. The Bertz CT molecular complexity index is 1890. The second-order valence-corrected chi connectivity index (χ2v) is 32.1. The fourth-order valence-corrected chi connectivity index (χ4v) is 13.7. The zero-order valence-electron chi connectivity index (χ0n) is 64.1. The topological polar surface area (TPSA) is 237 Å². The summed E-state index contributed by atoms with van der Waals surface area (Å²) in [6.45, 7) is 9.51. The summed E-state index contributed by atoms with van der Waals surface area (Å²) in [4.78, 5) is 72.9. The average molecular weight is 1440 g/mol. The molecule has 0 spiro atoms. The van der Waals surface area contributed by atoms with Crippen LogP contribution in [0.2, 0.25) is 0 Å². The number of aliphatic hydroxyl groups is 1. The maximum atomic E-state index is 13.1. The van der Waals surface area contributed by atoms with E-state index in [1.807, 2.05) is 0 Å². The van der Waals surface area contributed by atoms with Crippen molar-refractivity contribution in [1.82, 2.24) is 0 Å². The molecule has 0 aromatic rings. The van der Waals surface area contributed by atoms with Crippen LogP contribution in [0.3, 0.4) is 0 Å². The minimum Gasteiger partial charge on any atom is -0.462 e. The summed E-state index contributed by atoms with van der Waals surface area (Å²) < 4.78 is 68.6. The van der Waals surface area contributed by atoms with E-state index in [9.17, 15) is 43.2 Å². The van der Waals surface area contributed by atoms with Crippen LogP contribution in [0.25, 0.3) is 0 Å². The highest BCUT2D eigenvalue weighted by Crippen LogP contribution is 2.45. The molecule has 0 fully saturated rings. The van der Waals surface area contributed by atoms with Crippen molar-refractivity contribution in [3.8, 4) is 0 Å². The van der Waals surface area contributed by atoms with Gasteiger partial charge in [-0.3, -0.25) is 37.3 Å². The molecule has 0 heterocycles. The molecule has 0 saturated carbocycles. The molecule has 0 bridgehead atoms. The van der Waals surface area contributed by atoms with Gasteiger partial charge in [0.05, 0.1) is 26.4 Å². The smallest absolute Gasteiger partial charge is 0.462 e. The number of rotatable bonds is 78. The van der Waals surface area contributed by atoms with Crippen molar-refractivity contribution in [2.45, 2.75) is 432 Å². The number of carbonyl (C=O) groups excluding carboxylic acids is 4. The summed E-state index contributed by atoms with van der Waals surface area (Å²) in [7, 11) is -9.91. The van der Waals surface area contributed by atoms with Gasteiger partial charge in [-0.2, -0.15) is 0 Å². The lowest BCUT2D eigenvalue weighted by atomic mass is 10.00. The molecule has 0 saturated heterocycles. The minimum absolute atomic E-state index is 0.103. The van der Waals surface area contributed by atoms with Crippen molar-refractivity contribution < 1.29 is 80.2 Å². The Hall–Kier alpha value is -1.94. The Morgan fingerprint density at radius 3 is 0.776 bits per heavy atom. The Morgan fingerprint density at radius 2 is 0.520 bits per heavy atom. The summed E-state index contributed by atoms with van der Waals surface area (Å²) in [6.07, 6.45) is 60.0. The molecule has 19 heteroatoms. The molecule has 582 valence electrons. The van der Waals surface area contributed by atoms with Gasteiger partial charge in [0.2, 0.25) is 0 Å². The maximum Gasteiger partial charge on any atom is 0.472 e. The Balaban J connectivity index is 5.20. The van der Waals surface area contributed by atoms with Crippen molar-refractivity contribution in [2.24, 2.45) is 11.8 Å². The second-order valence-electron chi connectivity index (χ2n) is 29.2. The first-order valence-electron chi connectivity index (χ1n) is 41.0. The number of esters is 4. The summed E-state index contributed by atoms with van der Waals surface area (Å²) in [5.74, 6) is -0.690. The number of phosphoric ester groups is 2. The Morgan fingerprint density at radius 1 is 0.296 bits per heavy atom. The molecule has 0 aliphatic rings. The lowest BCUT2D eigenvalue weighted by Crippen LogP contribution is -2.30. The lowest BCUT2D eigenvalue weighted by molar-refractivity contribution is -0.161. The molecule has 0 aromatic heterocycles. The van der Waals surface area contributed by atoms with Crippen LogP contribution >= 0.6 is 15.6 Å². The molecule has 0 aliphatic carbocycles.